The topological polar surface area (TPSA) is 127 Å². The minimum Gasteiger partial charge on any atom is -0.493 e. The molecule has 0 aliphatic carbocycles. The standard InChI is InChI=1S/C32H38N4O7S/c1-21(2)19-41-25-13-23-14-26(15-25)43-24-7-5-6-22(12-24)20-42-29-17-36(30-9-8-27(16-33-30)44(4,39)40)11-10-28(29)34-31(37)18-35(3)32(23)38/h5-9,12-16,21,28-29H,10-11,17-20H2,1-4H3,(H,34,37)/t28-,29-/m0/s1. The average Bonchev–Trinajstić information content (AvgIpc) is 2.98. The second-order valence-electron chi connectivity index (χ2n) is 11.7. The molecule has 0 spiro atoms. The zero-order chi connectivity index (χ0) is 31.4. The molecule has 1 N–H and O–H groups in total. The van der Waals surface area contributed by atoms with E-state index in [9.17, 15) is 18.0 Å². The highest BCUT2D eigenvalue weighted by Crippen LogP contribution is 2.30. The molecule has 2 amide bonds. The van der Waals surface area contributed by atoms with Gasteiger partial charge in [0.2, 0.25) is 5.91 Å². The van der Waals surface area contributed by atoms with Gasteiger partial charge in [-0.15, -0.1) is 0 Å². The molecule has 3 aromatic rings. The number of benzene rings is 2. The van der Waals surface area contributed by atoms with Crippen LogP contribution in [0.5, 0.6) is 17.2 Å². The number of carbonyl (C=O) groups is 2. The molecular formula is C32H38N4O7S. The van der Waals surface area contributed by atoms with E-state index in [0.29, 0.717) is 60.7 Å². The van der Waals surface area contributed by atoms with Crippen LogP contribution < -0.4 is 19.7 Å². The van der Waals surface area contributed by atoms with Crippen LogP contribution in [0, 0.1) is 5.92 Å². The van der Waals surface area contributed by atoms with Crippen LogP contribution in [0.25, 0.3) is 0 Å². The predicted molar refractivity (Wildman–Crippen MR) is 165 cm³/mol. The first-order valence-corrected chi connectivity index (χ1v) is 16.5. The van der Waals surface area contributed by atoms with Crippen molar-refractivity contribution < 1.29 is 32.2 Å². The number of hydrogen-bond donors (Lipinski definition) is 1. The Balaban J connectivity index is 1.41. The summed E-state index contributed by atoms with van der Waals surface area (Å²) in [6, 6.07) is 15.5. The molecule has 5 rings (SSSR count). The third kappa shape index (κ3) is 7.86. The van der Waals surface area contributed by atoms with Crippen LogP contribution in [-0.4, -0.2) is 81.8 Å². The van der Waals surface area contributed by atoms with Crippen molar-refractivity contribution in [3.8, 4) is 17.2 Å². The summed E-state index contributed by atoms with van der Waals surface area (Å²) < 4.78 is 42.3. The summed E-state index contributed by atoms with van der Waals surface area (Å²) in [7, 11) is -1.78. The zero-order valence-electron chi connectivity index (χ0n) is 25.4. The summed E-state index contributed by atoms with van der Waals surface area (Å²) in [6.45, 7) is 5.67. The van der Waals surface area contributed by atoms with Crippen LogP contribution in [0.15, 0.2) is 65.7 Å². The number of ether oxygens (including phenoxy) is 3. The molecule has 12 heteroatoms. The summed E-state index contributed by atoms with van der Waals surface area (Å²) in [4.78, 5) is 34.5. The van der Waals surface area contributed by atoms with E-state index >= 15 is 0 Å². The number of carbonyl (C=O) groups excluding carboxylic acids is 2. The third-order valence-corrected chi connectivity index (χ3v) is 8.51. The molecule has 0 unspecified atom stereocenters. The fourth-order valence-electron chi connectivity index (χ4n) is 5.14. The van der Waals surface area contributed by atoms with E-state index in [1.807, 2.05) is 43.0 Å². The zero-order valence-corrected chi connectivity index (χ0v) is 26.2. The lowest BCUT2D eigenvalue weighted by atomic mass is 10.0. The number of hydrogen-bond acceptors (Lipinski definition) is 9. The smallest absolute Gasteiger partial charge is 0.254 e. The second kappa shape index (κ2) is 13.2. The SMILES string of the molecule is CC(C)COc1cc2cc(c1)C(=O)N(C)CC(=O)N[C@H]1CCN(c3ccc(S(C)(=O)=O)cn3)C[C@@H]1OCc1cccc(c1)O2. The number of pyridine rings is 1. The molecule has 0 saturated carbocycles. The number of nitrogens with one attached hydrogen (secondary N) is 1. The minimum atomic E-state index is -3.36. The van der Waals surface area contributed by atoms with Crippen LogP contribution in [-0.2, 0) is 26.0 Å². The first kappa shape index (κ1) is 31.3. The molecule has 3 heterocycles. The molecule has 2 aliphatic heterocycles. The van der Waals surface area contributed by atoms with Crippen LogP contribution in [0.2, 0.25) is 0 Å². The summed E-state index contributed by atoms with van der Waals surface area (Å²) in [5.74, 6) is 1.80. The van der Waals surface area contributed by atoms with Gasteiger partial charge in [0, 0.05) is 44.2 Å². The van der Waals surface area contributed by atoms with E-state index in [1.54, 1.807) is 37.4 Å². The largest absolute Gasteiger partial charge is 0.493 e. The number of rotatable bonds is 5. The normalized spacial score (nSPS) is 19.7. The van der Waals surface area contributed by atoms with Gasteiger partial charge >= 0.3 is 0 Å². The molecule has 0 radical (unpaired) electrons. The van der Waals surface area contributed by atoms with Gasteiger partial charge in [-0.2, -0.15) is 0 Å². The Bertz CT molecular complexity index is 1610. The van der Waals surface area contributed by atoms with E-state index in [4.69, 9.17) is 14.2 Å². The molecular weight excluding hydrogens is 584 g/mol. The van der Waals surface area contributed by atoms with Gasteiger partial charge in [-0.25, -0.2) is 13.4 Å². The van der Waals surface area contributed by atoms with Gasteiger partial charge < -0.3 is 29.3 Å². The molecule has 1 fully saturated rings. The van der Waals surface area contributed by atoms with Crippen LogP contribution in [0.3, 0.4) is 0 Å². The highest BCUT2D eigenvalue weighted by atomic mass is 32.2. The summed E-state index contributed by atoms with van der Waals surface area (Å²) in [5.41, 5.74) is 1.22. The maximum Gasteiger partial charge on any atom is 0.254 e. The lowest BCUT2D eigenvalue weighted by Gasteiger charge is -2.39. The molecule has 1 saturated heterocycles. The third-order valence-electron chi connectivity index (χ3n) is 7.41. The summed E-state index contributed by atoms with van der Waals surface area (Å²) in [6.07, 6.45) is 2.65. The molecule has 11 nitrogen and oxygen atoms in total. The van der Waals surface area contributed by atoms with Crippen molar-refractivity contribution in [2.45, 2.75) is 43.9 Å². The van der Waals surface area contributed by atoms with Gasteiger partial charge in [0.1, 0.15) is 23.1 Å². The Morgan fingerprint density at radius 1 is 1.09 bits per heavy atom. The second-order valence-corrected chi connectivity index (χ2v) is 13.7. The van der Waals surface area contributed by atoms with Crippen molar-refractivity contribution in [2.24, 2.45) is 5.92 Å². The van der Waals surface area contributed by atoms with E-state index in [0.717, 1.165) is 11.8 Å². The molecule has 234 valence electrons. The lowest BCUT2D eigenvalue weighted by Crippen LogP contribution is -2.56. The number of fused-ring (bicyclic) bond motifs is 5. The Hall–Kier alpha value is -4.16. The van der Waals surface area contributed by atoms with Gasteiger partial charge in [-0.1, -0.05) is 26.0 Å². The molecule has 2 atom stereocenters. The number of amides is 2. The Morgan fingerprint density at radius 2 is 1.91 bits per heavy atom. The summed E-state index contributed by atoms with van der Waals surface area (Å²) in [5, 5.41) is 3.08. The highest BCUT2D eigenvalue weighted by Gasteiger charge is 2.32. The highest BCUT2D eigenvalue weighted by molar-refractivity contribution is 7.90. The fraction of sp³-hybridized carbons (Fsp3) is 0.406. The van der Waals surface area contributed by atoms with E-state index in [2.05, 4.69) is 10.3 Å². The van der Waals surface area contributed by atoms with Crippen LogP contribution >= 0.6 is 0 Å². The Labute approximate surface area is 258 Å². The maximum absolute atomic E-state index is 13.4. The van der Waals surface area contributed by atoms with Crippen molar-refractivity contribution in [1.29, 1.82) is 0 Å². The molecule has 44 heavy (non-hydrogen) atoms. The molecule has 2 aromatic carbocycles. The first-order chi connectivity index (χ1) is 20.9. The van der Waals surface area contributed by atoms with E-state index in [-0.39, 0.29) is 35.9 Å². The number of sulfone groups is 1. The Morgan fingerprint density at radius 3 is 2.64 bits per heavy atom. The van der Waals surface area contributed by atoms with Gasteiger partial charge in [-0.05, 0) is 54.3 Å². The van der Waals surface area contributed by atoms with Crippen molar-refractivity contribution >= 4 is 27.5 Å². The number of anilines is 1. The lowest BCUT2D eigenvalue weighted by molar-refractivity contribution is -0.123. The fourth-order valence-corrected chi connectivity index (χ4v) is 5.70. The number of aromatic nitrogens is 1. The van der Waals surface area contributed by atoms with E-state index < -0.39 is 15.9 Å². The summed E-state index contributed by atoms with van der Waals surface area (Å²) >= 11 is 0. The van der Waals surface area contributed by atoms with Crippen molar-refractivity contribution in [3.63, 3.8) is 0 Å². The van der Waals surface area contributed by atoms with Crippen LogP contribution in [0.4, 0.5) is 5.82 Å². The Kier molecular flexibility index (Phi) is 9.40. The van der Waals surface area contributed by atoms with Gasteiger partial charge in [0.15, 0.2) is 9.84 Å². The van der Waals surface area contributed by atoms with Crippen LogP contribution in [0.1, 0.15) is 36.2 Å². The number of nitrogens with zero attached hydrogens (tertiary/aromatic N) is 3. The molecule has 4 bridgehead atoms. The number of likely N-dealkylation sites (N-methyl/N-ethyl adjacent to an activating group) is 1. The molecule has 2 aliphatic rings. The predicted octanol–water partition coefficient (Wildman–Crippen LogP) is 3.68. The number of piperidine rings is 1. The van der Waals surface area contributed by atoms with Gasteiger partial charge in [0.25, 0.3) is 5.91 Å². The van der Waals surface area contributed by atoms with Crippen molar-refractivity contribution in [1.82, 2.24) is 15.2 Å². The average molecular weight is 623 g/mol. The minimum absolute atomic E-state index is 0.146. The maximum atomic E-state index is 13.4. The van der Waals surface area contributed by atoms with E-state index in [1.165, 1.54) is 11.1 Å². The molecule has 1 aromatic heterocycles. The van der Waals surface area contributed by atoms with Gasteiger partial charge in [-0.3, -0.25) is 9.59 Å². The quantitative estimate of drug-likeness (QED) is 0.453. The van der Waals surface area contributed by atoms with Crippen molar-refractivity contribution in [3.05, 3.63) is 71.9 Å². The van der Waals surface area contributed by atoms with Gasteiger partial charge in [0.05, 0.1) is 36.8 Å². The monoisotopic (exact) mass is 622 g/mol. The first-order valence-electron chi connectivity index (χ1n) is 14.6. The van der Waals surface area contributed by atoms with Crippen molar-refractivity contribution in [2.75, 3.05) is 44.4 Å².